The molecule has 0 saturated heterocycles. The maximum atomic E-state index is 12.4. The van der Waals surface area contributed by atoms with Gasteiger partial charge in [-0.25, -0.2) is 8.78 Å². The van der Waals surface area contributed by atoms with Crippen LogP contribution in [0.15, 0.2) is 0 Å². The van der Waals surface area contributed by atoms with Gasteiger partial charge < -0.3 is 0 Å². The summed E-state index contributed by atoms with van der Waals surface area (Å²) in [5, 5.41) is 0. The normalized spacial score (nSPS) is 13.5. The molecule has 0 spiro atoms. The largest absolute Gasteiger partial charge is 0.389 e. The van der Waals surface area contributed by atoms with E-state index in [-0.39, 0.29) is 6.42 Å². The Morgan fingerprint density at radius 3 is 1.67 bits per heavy atom. The van der Waals surface area contributed by atoms with E-state index in [4.69, 9.17) is 0 Å². The van der Waals surface area contributed by atoms with Crippen molar-refractivity contribution in [1.82, 2.24) is 0 Å². The molecule has 0 unspecified atom stereocenters. The van der Waals surface area contributed by atoms with Crippen LogP contribution < -0.4 is 0 Å². The van der Waals surface area contributed by atoms with Gasteiger partial charge in [-0.1, -0.05) is 6.92 Å². The lowest BCUT2D eigenvalue weighted by molar-refractivity contribution is -0.152. The Balaban J connectivity index is 3.75. The smallest absolute Gasteiger partial charge is 0.207 e. The fourth-order valence-electron chi connectivity index (χ4n) is 0.708. The van der Waals surface area contributed by atoms with Gasteiger partial charge in [0, 0.05) is 19.3 Å². The van der Waals surface area contributed by atoms with E-state index in [9.17, 15) is 22.0 Å². The maximum Gasteiger partial charge on any atom is 0.389 e. The van der Waals surface area contributed by atoms with E-state index >= 15 is 0 Å². The van der Waals surface area contributed by atoms with Crippen LogP contribution in [0.4, 0.5) is 22.0 Å². The quantitative estimate of drug-likeness (QED) is 0.593. The lowest BCUT2D eigenvalue weighted by Crippen LogP contribution is -2.20. The Morgan fingerprint density at radius 2 is 1.33 bits per heavy atom. The van der Waals surface area contributed by atoms with Gasteiger partial charge in [0.1, 0.15) is 0 Å². The topological polar surface area (TPSA) is 0 Å². The van der Waals surface area contributed by atoms with Crippen molar-refractivity contribution in [2.24, 2.45) is 0 Å². The van der Waals surface area contributed by atoms with Crippen molar-refractivity contribution < 1.29 is 22.0 Å². The van der Waals surface area contributed by atoms with Crippen molar-refractivity contribution in [2.75, 3.05) is 0 Å². The van der Waals surface area contributed by atoms with Crippen LogP contribution in [0.1, 0.15) is 25.7 Å². The molecule has 0 saturated carbocycles. The molecule has 0 atom stereocenters. The van der Waals surface area contributed by atoms with Gasteiger partial charge >= 0.3 is 6.18 Å². The van der Waals surface area contributed by atoms with Crippen LogP contribution in [0.2, 0.25) is 0 Å². The zero-order chi connectivity index (χ0) is 9.83. The van der Waals surface area contributed by atoms with Gasteiger partial charge in [0.05, 0.1) is 0 Å². The van der Waals surface area contributed by atoms with E-state index in [1.54, 1.807) is 0 Å². The molecule has 5 heteroatoms. The first kappa shape index (κ1) is 11.6. The molecule has 0 aromatic carbocycles. The zero-order valence-corrected chi connectivity index (χ0v) is 6.43. The second kappa shape index (κ2) is 4.05. The van der Waals surface area contributed by atoms with E-state index < -0.39 is 31.4 Å². The van der Waals surface area contributed by atoms with Crippen LogP contribution in [-0.4, -0.2) is 12.1 Å². The van der Waals surface area contributed by atoms with Crippen LogP contribution in [0.3, 0.4) is 0 Å². The number of hydrogen-bond acceptors (Lipinski definition) is 0. The average Bonchev–Trinajstić information content (AvgIpc) is 1.83. The summed E-state index contributed by atoms with van der Waals surface area (Å²) in [7, 11) is 0. The van der Waals surface area contributed by atoms with Crippen LogP contribution in [0.5, 0.6) is 0 Å². The Bertz CT molecular complexity index is 126. The Labute approximate surface area is 67.8 Å². The van der Waals surface area contributed by atoms with Crippen molar-refractivity contribution in [2.45, 2.75) is 37.8 Å². The number of rotatable bonds is 4. The standard InChI is InChI=1S/C7H10F5/c1-2-3-6(8,9)4-5-7(10,11)12/h1-5H2. The first-order chi connectivity index (χ1) is 5.27. The zero-order valence-electron chi connectivity index (χ0n) is 6.43. The molecule has 0 fully saturated rings. The summed E-state index contributed by atoms with van der Waals surface area (Å²) >= 11 is 0. The molecule has 0 rings (SSSR count). The molecule has 0 aliphatic carbocycles. The van der Waals surface area contributed by atoms with Crippen LogP contribution in [0, 0.1) is 6.92 Å². The highest BCUT2D eigenvalue weighted by molar-refractivity contribution is 4.68. The van der Waals surface area contributed by atoms with E-state index in [1.807, 2.05) is 0 Å². The highest BCUT2D eigenvalue weighted by Gasteiger charge is 2.35. The molecule has 0 N–H and O–H groups in total. The number of alkyl halides is 5. The molecular weight excluding hydrogens is 179 g/mol. The summed E-state index contributed by atoms with van der Waals surface area (Å²) in [6, 6.07) is 0. The molecule has 0 bridgehead atoms. The summed E-state index contributed by atoms with van der Waals surface area (Å²) in [6.07, 6.45) is -7.69. The van der Waals surface area contributed by atoms with Gasteiger partial charge in [-0.2, -0.15) is 13.2 Å². The average molecular weight is 189 g/mol. The van der Waals surface area contributed by atoms with Gasteiger partial charge in [-0.05, 0) is 6.42 Å². The predicted molar refractivity (Wildman–Crippen MR) is 34.8 cm³/mol. The van der Waals surface area contributed by atoms with Gasteiger partial charge in [0.2, 0.25) is 5.92 Å². The molecule has 1 radical (unpaired) electrons. The van der Waals surface area contributed by atoms with E-state index in [0.717, 1.165) is 0 Å². The molecule has 0 aromatic rings. The molecule has 0 aliphatic heterocycles. The Hall–Kier alpha value is -0.350. The molecule has 0 aliphatic rings. The van der Waals surface area contributed by atoms with Crippen LogP contribution in [0.25, 0.3) is 0 Å². The van der Waals surface area contributed by atoms with E-state index in [0.29, 0.717) is 0 Å². The molecule has 12 heavy (non-hydrogen) atoms. The maximum absolute atomic E-state index is 12.4. The van der Waals surface area contributed by atoms with Crippen molar-refractivity contribution >= 4 is 0 Å². The SMILES string of the molecule is [CH2]CCC(F)(F)CCC(F)(F)F. The van der Waals surface area contributed by atoms with Crippen molar-refractivity contribution in [1.29, 1.82) is 0 Å². The third-order valence-electron chi connectivity index (χ3n) is 1.32. The van der Waals surface area contributed by atoms with Gasteiger partial charge in [-0.3, -0.25) is 0 Å². The fraction of sp³-hybridized carbons (Fsp3) is 0.857. The summed E-state index contributed by atoms with van der Waals surface area (Å²) in [5.41, 5.74) is 0. The second-order valence-corrected chi connectivity index (χ2v) is 2.57. The molecule has 0 aromatic heterocycles. The Morgan fingerprint density at radius 1 is 0.833 bits per heavy atom. The first-order valence-electron chi connectivity index (χ1n) is 3.51. The number of hydrogen-bond donors (Lipinski definition) is 0. The van der Waals surface area contributed by atoms with Crippen molar-refractivity contribution in [3.63, 3.8) is 0 Å². The van der Waals surface area contributed by atoms with Crippen LogP contribution in [-0.2, 0) is 0 Å². The minimum absolute atomic E-state index is 0.0507. The summed E-state index contributed by atoms with van der Waals surface area (Å²) in [6.45, 7) is 3.15. The third-order valence-corrected chi connectivity index (χ3v) is 1.32. The lowest BCUT2D eigenvalue weighted by atomic mass is 10.1. The lowest BCUT2D eigenvalue weighted by Gasteiger charge is -2.15. The summed E-state index contributed by atoms with van der Waals surface area (Å²) in [5.74, 6) is -3.22. The highest BCUT2D eigenvalue weighted by Crippen LogP contribution is 2.31. The molecular formula is C7H10F5. The molecule has 0 amide bonds. The second-order valence-electron chi connectivity index (χ2n) is 2.57. The Kier molecular flexibility index (Phi) is 3.93. The first-order valence-corrected chi connectivity index (χ1v) is 3.51. The predicted octanol–water partition coefficient (Wildman–Crippen LogP) is 3.58. The monoisotopic (exact) mass is 189 g/mol. The molecule has 0 nitrogen and oxygen atoms in total. The minimum atomic E-state index is -4.50. The fourth-order valence-corrected chi connectivity index (χ4v) is 0.708. The van der Waals surface area contributed by atoms with Crippen molar-refractivity contribution in [3.8, 4) is 0 Å². The highest BCUT2D eigenvalue weighted by atomic mass is 19.4. The number of halogens is 5. The minimum Gasteiger partial charge on any atom is -0.207 e. The summed E-state index contributed by atoms with van der Waals surface area (Å²) in [4.78, 5) is 0. The van der Waals surface area contributed by atoms with Gasteiger partial charge in [0.25, 0.3) is 0 Å². The van der Waals surface area contributed by atoms with Gasteiger partial charge in [0.15, 0.2) is 0 Å². The van der Waals surface area contributed by atoms with Crippen molar-refractivity contribution in [3.05, 3.63) is 6.92 Å². The third kappa shape index (κ3) is 6.37. The molecule has 0 heterocycles. The van der Waals surface area contributed by atoms with E-state index in [2.05, 4.69) is 6.92 Å². The van der Waals surface area contributed by atoms with Crippen LogP contribution >= 0.6 is 0 Å². The van der Waals surface area contributed by atoms with Gasteiger partial charge in [-0.15, -0.1) is 0 Å². The van der Waals surface area contributed by atoms with E-state index in [1.165, 1.54) is 0 Å². The summed E-state index contributed by atoms with van der Waals surface area (Å²) < 4.78 is 59.3. The molecule has 73 valence electrons.